The van der Waals surface area contributed by atoms with E-state index in [1.807, 2.05) is 19.1 Å². The first kappa shape index (κ1) is 12.5. The Morgan fingerprint density at radius 2 is 2.16 bits per heavy atom. The average molecular weight is 338 g/mol. The predicted molar refractivity (Wildman–Crippen MR) is 79.5 cm³/mol. The maximum atomic E-state index is 13.7. The maximum Gasteiger partial charge on any atom is 0.189 e. The highest BCUT2D eigenvalue weighted by Gasteiger charge is 2.08. The third kappa shape index (κ3) is 2.59. The van der Waals surface area contributed by atoms with Crippen molar-refractivity contribution >= 4 is 48.4 Å². The monoisotopic (exact) mass is 337 g/mol. The molecule has 0 amide bonds. The molecule has 1 aromatic carbocycles. The lowest BCUT2D eigenvalue weighted by molar-refractivity contribution is 0.625. The SMILES string of the molecule is Cc1ccc2nc(Nc3ncc(Br)cc3F)sc2c1. The molecule has 3 nitrogen and oxygen atoms in total. The van der Waals surface area contributed by atoms with Crippen LogP contribution in [0.15, 0.2) is 34.9 Å². The van der Waals surface area contributed by atoms with E-state index in [1.165, 1.54) is 23.0 Å². The van der Waals surface area contributed by atoms with Crippen LogP contribution in [-0.2, 0) is 0 Å². The van der Waals surface area contributed by atoms with Crippen molar-refractivity contribution < 1.29 is 4.39 Å². The smallest absolute Gasteiger partial charge is 0.189 e. The molecular weight excluding hydrogens is 329 g/mol. The minimum atomic E-state index is -0.412. The number of aryl methyl sites for hydroxylation is 1. The zero-order valence-electron chi connectivity index (χ0n) is 9.95. The minimum Gasteiger partial charge on any atom is -0.314 e. The number of thiazole rings is 1. The molecule has 0 unspecified atom stereocenters. The number of nitrogens with zero attached hydrogens (tertiary/aromatic N) is 2. The summed E-state index contributed by atoms with van der Waals surface area (Å²) in [5, 5.41) is 3.54. The van der Waals surface area contributed by atoms with Crippen molar-refractivity contribution in [1.29, 1.82) is 0 Å². The lowest BCUT2D eigenvalue weighted by Gasteiger charge is -2.02. The molecule has 96 valence electrons. The summed E-state index contributed by atoms with van der Waals surface area (Å²) in [6.07, 6.45) is 1.54. The topological polar surface area (TPSA) is 37.8 Å². The molecule has 0 aliphatic carbocycles. The lowest BCUT2D eigenvalue weighted by atomic mass is 10.2. The molecule has 3 rings (SSSR count). The van der Waals surface area contributed by atoms with Gasteiger partial charge in [0.2, 0.25) is 0 Å². The van der Waals surface area contributed by atoms with Gasteiger partial charge in [0, 0.05) is 10.7 Å². The van der Waals surface area contributed by atoms with Crippen LogP contribution in [0.3, 0.4) is 0 Å². The molecule has 2 heterocycles. The van der Waals surface area contributed by atoms with Gasteiger partial charge in [-0.2, -0.15) is 0 Å². The molecule has 6 heteroatoms. The van der Waals surface area contributed by atoms with E-state index in [9.17, 15) is 4.39 Å². The van der Waals surface area contributed by atoms with Gasteiger partial charge in [0.05, 0.1) is 10.2 Å². The van der Waals surface area contributed by atoms with Crippen LogP contribution in [0.5, 0.6) is 0 Å². The number of pyridine rings is 1. The summed E-state index contributed by atoms with van der Waals surface area (Å²) in [5.41, 5.74) is 2.08. The van der Waals surface area contributed by atoms with Crippen molar-refractivity contribution in [2.75, 3.05) is 5.32 Å². The third-order valence-electron chi connectivity index (χ3n) is 2.58. The van der Waals surface area contributed by atoms with E-state index < -0.39 is 5.82 Å². The van der Waals surface area contributed by atoms with Crippen LogP contribution in [0.1, 0.15) is 5.56 Å². The summed E-state index contributed by atoms with van der Waals surface area (Å²) in [4.78, 5) is 8.40. The van der Waals surface area contributed by atoms with Gasteiger partial charge in [0.1, 0.15) is 0 Å². The Balaban J connectivity index is 1.96. The van der Waals surface area contributed by atoms with E-state index in [1.54, 1.807) is 6.20 Å². The van der Waals surface area contributed by atoms with Crippen molar-refractivity contribution in [3.05, 3.63) is 46.3 Å². The predicted octanol–water partition coefficient (Wildman–Crippen LogP) is 4.64. The normalized spacial score (nSPS) is 10.9. The Kier molecular flexibility index (Phi) is 3.20. The molecule has 0 aliphatic rings. The molecule has 0 spiro atoms. The zero-order chi connectivity index (χ0) is 13.4. The summed E-state index contributed by atoms with van der Waals surface area (Å²) in [6, 6.07) is 7.39. The molecular formula is C13H9BrFN3S. The first-order chi connectivity index (χ1) is 9.11. The summed E-state index contributed by atoms with van der Waals surface area (Å²) >= 11 is 4.65. The van der Waals surface area contributed by atoms with Gasteiger partial charge < -0.3 is 5.32 Å². The maximum absolute atomic E-state index is 13.7. The number of benzene rings is 1. The summed E-state index contributed by atoms with van der Waals surface area (Å²) in [6.45, 7) is 2.03. The molecule has 0 radical (unpaired) electrons. The van der Waals surface area contributed by atoms with E-state index in [-0.39, 0.29) is 5.82 Å². The Morgan fingerprint density at radius 1 is 1.32 bits per heavy atom. The van der Waals surface area contributed by atoms with Gasteiger partial charge in [0.25, 0.3) is 0 Å². The van der Waals surface area contributed by atoms with Crippen LogP contribution in [0.2, 0.25) is 0 Å². The quantitative estimate of drug-likeness (QED) is 0.739. The fraction of sp³-hybridized carbons (Fsp3) is 0.0769. The van der Waals surface area contributed by atoms with Gasteiger partial charge in [-0.3, -0.25) is 0 Å². The van der Waals surface area contributed by atoms with Crippen LogP contribution in [0, 0.1) is 12.7 Å². The molecule has 0 fully saturated rings. The second-order valence-electron chi connectivity index (χ2n) is 4.10. The number of hydrogen-bond acceptors (Lipinski definition) is 4. The largest absolute Gasteiger partial charge is 0.314 e. The second kappa shape index (κ2) is 4.86. The molecule has 3 aromatic rings. The summed E-state index contributed by atoms with van der Waals surface area (Å²) in [5.74, 6) is -0.233. The number of anilines is 2. The molecule has 2 aromatic heterocycles. The van der Waals surface area contributed by atoms with Crippen LogP contribution in [0.4, 0.5) is 15.3 Å². The van der Waals surface area contributed by atoms with E-state index in [0.717, 1.165) is 10.2 Å². The summed E-state index contributed by atoms with van der Waals surface area (Å²) < 4.78 is 15.4. The van der Waals surface area contributed by atoms with Gasteiger partial charge in [-0.15, -0.1) is 0 Å². The fourth-order valence-corrected chi connectivity index (χ4v) is 2.96. The number of halogens is 2. The molecule has 0 aliphatic heterocycles. The number of aromatic nitrogens is 2. The van der Waals surface area contributed by atoms with Crippen molar-refractivity contribution in [2.24, 2.45) is 0 Å². The van der Waals surface area contributed by atoms with Crippen LogP contribution in [-0.4, -0.2) is 9.97 Å². The molecule has 0 saturated carbocycles. The number of rotatable bonds is 2. The van der Waals surface area contributed by atoms with E-state index in [0.29, 0.717) is 9.60 Å². The van der Waals surface area contributed by atoms with E-state index >= 15 is 0 Å². The average Bonchev–Trinajstić information content (AvgIpc) is 2.74. The van der Waals surface area contributed by atoms with E-state index in [2.05, 4.69) is 37.3 Å². The van der Waals surface area contributed by atoms with Crippen LogP contribution < -0.4 is 5.32 Å². The second-order valence-corrected chi connectivity index (χ2v) is 6.05. The van der Waals surface area contributed by atoms with Gasteiger partial charge in [-0.05, 0) is 46.6 Å². The highest BCUT2D eigenvalue weighted by molar-refractivity contribution is 9.10. The molecule has 1 N–H and O–H groups in total. The molecule has 0 bridgehead atoms. The van der Waals surface area contributed by atoms with Crippen LogP contribution in [0.25, 0.3) is 10.2 Å². The van der Waals surface area contributed by atoms with Crippen LogP contribution >= 0.6 is 27.3 Å². The third-order valence-corrected chi connectivity index (χ3v) is 3.94. The van der Waals surface area contributed by atoms with Gasteiger partial charge in [-0.1, -0.05) is 17.4 Å². The number of nitrogens with one attached hydrogen (secondary N) is 1. The first-order valence-corrected chi connectivity index (χ1v) is 7.18. The first-order valence-electron chi connectivity index (χ1n) is 5.57. The lowest BCUT2D eigenvalue weighted by Crippen LogP contribution is -1.96. The van der Waals surface area contributed by atoms with Crippen molar-refractivity contribution in [3.8, 4) is 0 Å². The summed E-state index contributed by atoms with van der Waals surface area (Å²) in [7, 11) is 0. The molecule has 0 saturated heterocycles. The highest BCUT2D eigenvalue weighted by atomic mass is 79.9. The van der Waals surface area contributed by atoms with Gasteiger partial charge >= 0.3 is 0 Å². The zero-order valence-corrected chi connectivity index (χ0v) is 12.3. The van der Waals surface area contributed by atoms with E-state index in [4.69, 9.17) is 0 Å². The Morgan fingerprint density at radius 3 is 2.95 bits per heavy atom. The molecule has 19 heavy (non-hydrogen) atoms. The minimum absolute atomic E-state index is 0.180. The highest BCUT2D eigenvalue weighted by Crippen LogP contribution is 2.29. The van der Waals surface area contributed by atoms with Crippen molar-refractivity contribution in [1.82, 2.24) is 9.97 Å². The standard InChI is InChI=1S/C13H9BrFN3S/c1-7-2-3-10-11(4-7)19-13(17-10)18-12-9(15)5-8(14)6-16-12/h2-6H,1H3,(H,16,17,18). The number of hydrogen-bond donors (Lipinski definition) is 1. The Labute approximate surface area is 121 Å². The van der Waals surface area contributed by atoms with Crippen molar-refractivity contribution in [3.63, 3.8) is 0 Å². The molecule has 0 atom stereocenters. The van der Waals surface area contributed by atoms with Gasteiger partial charge in [0.15, 0.2) is 16.8 Å². The van der Waals surface area contributed by atoms with Crippen molar-refractivity contribution in [2.45, 2.75) is 6.92 Å². The number of fused-ring (bicyclic) bond motifs is 1. The fourth-order valence-electron chi connectivity index (χ4n) is 1.69. The Hall–Kier alpha value is -1.53. The van der Waals surface area contributed by atoms with Gasteiger partial charge in [-0.25, -0.2) is 14.4 Å². The Bertz CT molecular complexity index is 757.